The number of rotatable bonds is 12. The van der Waals surface area contributed by atoms with Crippen molar-refractivity contribution in [1.82, 2.24) is 19.9 Å². The normalized spacial score (nSPS) is 11.3. The fourth-order valence-electron chi connectivity index (χ4n) is 15.6. The molecule has 108 heavy (non-hydrogen) atoms. The molecule has 0 saturated carbocycles. The zero-order valence-corrected chi connectivity index (χ0v) is 59.0. The summed E-state index contributed by atoms with van der Waals surface area (Å²) in [5.74, 6) is 0. The molecule has 20 aromatic rings. The topological polar surface area (TPSA) is 51.6 Å². The van der Waals surface area contributed by atoms with Gasteiger partial charge in [-0.15, -0.1) is 0 Å². The number of hydrogen-bond donors (Lipinski definition) is 0. The minimum Gasteiger partial charge on any atom is -0.256 e. The van der Waals surface area contributed by atoms with Gasteiger partial charge in [-0.2, -0.15) is 0 Å². The maximum atomic E-state index is 5.44. The second-order valence-corrected chi connectivity index (χ2v) is 27.5. The Morgan fingerprint density at radius 2 is 0.454 bits per heavy atom. The first kappa shape index (κ1) is 64.5. The summed E-state index contributed by atoms with van der Waals surface area (Å²) in [5, 5.41) is 9.19. The summed E-state index contributed by atoms with van der Waals surface area (Å²) in [5.41, 5.74) is 31.6. The van der Waals surface area contributed by atoms with Crippen molar-refractivity contribution in [3.63, 3.8) is 0 Å². The highest BCUT2D eigenvalue weighted by molar-refractivity contribution is 6.18. The van der Waals surface area contributed by atoms with Crippen molar-refractivity contribution in [2.24, 2.45) is 0 Å². The number of para-hydroxylation sites is 2. The van der Waals surface area contributed by atoms with Gasteiger partial charge in [-0.1, -0.05) is 358 Å². The molecule has 0 unspecified atom stereocenters. The summed E-state index contributed by atoms with van der Waals surface area (Å²) >= 11 is 0. The van der Waals surface area contributed by atoms with Gasteiger partial charge < -0.3 is 0 Å². The molecule has 0 atom stereocenters. The van der Waals surface area contributed by atoms with Gasteiger partial charge in [0.15, 0.2) is 0 Å². The third kappa shape index (κ3) is 12.5. The fraction of sp³-hybridized carbons (Fsp3) is 0. The lowest BCUT2D eigenvalue weighted by atomic mass is 9.90. The Labute approximate surface area is 627 Å². The van der Waals surface area contributed by atoms with Crippen molar-refractivity contribution in [3.8, 4) is 134 Å². The predicted octanol–water partition coefficient (Wildman–Crippen LogP) is 27.9. The first-order valence-corrected chi connectivity index (χ1v) is 36.8. The van der Waals surface area contributed by atoms with Crippen molar-refractivity contribution < 1.29 is 0 Å². The van der Waals surface area contributed by atoms with Gasteiger partial charge >= 0.3 is 0 Å². The van der Waals surface area contributed by atoms with E-state index in [0.29, 0.717) is 0 Å². The Hall–Kier alpha value is -14.3. The van der Waals surface area contributed by atoms with Crippen LogP contribution in [0.5, 0.6) is 0 Å². The van der Waals surface area contributed by atoms with Gasteiger partial charge in [0.1, 0.15) is 0 Å². The van der Waals surface area contributed by atoms with Crippen LogP contribution >= 0.6 is 0 Å². The summed E-state index contributed by atoms with van der Waals surface area (Å²) in [7, 11) is 0. The van der Waals surface area contributed by atoms with E-state index in [-0.39, 0.29) is 0 Å². The molecular formula is C104H68N4. The molecule has 0 aliphatic carbocycles. The van der Waals surface area contributed by atoms with E-state index in [1.165, 1.54) is 83.1 Å². The fourth-order valence-corrected chi connectivity index (χ4v) is 15.6. The SMILES string of the molecule is c1ccc(-c2ccc(-c3cc(-c4ccc(-c5cccc6cccnc56)cc4)c4cc(-c5ccc(-c6ccccc6)cc5)c5ccccc5c4n3)cc2)cc1.c1ccc(-c2ccc(-c3cc(-c4ccc(-c5ccnc6ccccc56)cc4)c4cc(-c5ccc(-c6ccccc6)cc5)c5ccccc5c4n3)cc2)cc1. The number of fused-ring (bicyclic) bond motifs is 8. The van der Waals surface area contributed by atoms with E-state index >= 15 is 0 Å². The predicted molar refractivity (Wildman–Crippen MR) is 454 cm³/mol. The van der Waals surface area contributed by atoms with Crippen molar-refractivity contribution >= 4 is 65.2 Å². The number of hydrogen-bond acceptors (Lipinski definition) is 4. The summed E-state index contributed by atoms with van der Waals surface area (Å²) in [6, 6.07) is 143. The molecule has 0 aliphatic heterocycles. The number of benzene rings is 16. The Morgan fingerprint density at radius 1 is 0.148 bits per heavy atom. The van der Waals surface area contributed by atoms with Crippen molar-refractivity contribution in [2.75, 3.05) is 0 Å². The molecule has 0 amide bonds. The molecule has 0 spiro atoms. The summed E-state index contributed by atoms with van der Waals surface area (Å²) in [6.45, 7) is 0. The van der Waals surface area contributed by atoms with Crippen LogP contribution in [-0.4, -0.2) is 19.9 Å². The lowest BCUT2D eigenvalue weighted by Crippen LogP contribution is -1.94. The average molecular weight is 1370 g/mol. The number of pyridine rings is 4. The van der Waals surface area contributed by atoms with Crippen LogP contribution < -0.4 is 0 Å². The van der Waals surface area contributed by atoms with Gasteiger partial charge in [0.25, 0.3) is 0 Å². The molecule has 4 aromatic heterocycles. The molecule has 0 aliphatic rings. The van der Waals surface area contributed by atoms with Crippen LogP contribution in [0.15, 0.2) is 413 Å². The lowest BCUT2D eigenvalue weighted by Gasteiger charge is -2.16. The van der Waals surface area contributed by atoms with Crippen LogP contribution in [0.1, 0.15) is 0 Å². The Kier molecular flexibility index (Phi) is 17.0. The van der Waals surface area contributed by atoms with Gasteiger partial charge in [0.05, 0.1) is 33.5 Å². The molecule has 20 rings (SSSR count). The molecule has 0 radical (unpaired) electrons. The zero-order valence-electron chi connectivity index (χ0n) is 59.0. The van der Waals surface area contributed by atoms with Crippen LogP contribution in [0.25, 0.3) is 199 Å². The Bertz CT molecular complexity index is 6270. The molecule has 4 heteroatoms. The van der Waals surface area contributed by atoms with Crippen molar-refractivity contribution in [3.05, 3.63) is 413 Å². The number of nitrogens with zero attached hydrogens (tertiary/aromatic N) is 4. The van der Waals surface area contributed by atoms with Gasteiger partial charge in [0.2, 0.25) is 0 Å². The Balaban J connectivity index is 0.000000147. The van der Waals surface area contributed by atoms with Crippen LogP contribution in [0.2, 0.25) is 0 Å². The van der Waals surface area contributed by atoms with E-state index in [1.54, 1.807) is 0 Å². The molecule has 0 saturated heterocycles. The van der Waals surface area contributed by atoms with E-state index in [1.807, 2.05) is 24.5 Å². The van der Waals surface area contributed by atoms with Crippen LogP contribution in [0.3, 0.4) is 0 Å². The second-order valence-electron chi connectivity index (χ2n) is 27.5. The summed E-state index contributed by atoms with van der Waals surface area (Å²) in [6.07, 6.45) is 3.77. The highest BCUT2D eigenvalue weighted by Gasteiger charge is 2.20. The summed E-state index contributed by atoms with van der Waals surface area (Å²) in [4.78, 5) is 20.2. The third-order valence-corrected chi connectivity index (χ3v) is 21.1. The number of aromatic nitrogens is 4. The highest BCUT2D eigenvalue weighted by Crippen LogP contribution is 2.45. The van der Waals surface area contributed by atoms with Crippen LogP contribution in [0, 0.1) is 0 Å². The van der Waals surface area contributed by atoms with Crippen LogP contribution in [0.4, 0.5) is 0 Å². The lowest BCUT2D eigenvalue weighted by molar-refractivity contribution is 1.40. The quantitative estimate of drug-likeness (QED) is 0.114. The van der Waals surface area contributed by atoms with Crippen molar-refractivity contribution in [1.29, 1.82) is 0 Å². The van der Waals surface area contributed by atoms with Crippen molar-refractivity contribution in [2.45, 2.75) is 0 Å². The monoisotopic (exact) mass is 1370 g/mol. The molecule has 0 fully saturated rings. The van der Waals surface area contributed by atoms with E-state index in [4.69, 9.17) is 15.0 Å². The molecule has 0 N–H and O–H groups in total. The largest absolute Gasteiger partial charge is 0.256 e. The van der Waals surface area contributed by atoms with Gasteiger partial charge in [-0.25, -0.2) is 9.97 Å². The minimum atomic E-state index is 0.949. The minimum absolute atomic E-state index is 0.949. The standard InChI is InChI=1S/2C52H34N2/c1-3-11-35(12-4-1)37-20-24-40(25-21-37)47-33-49-48(41-28-26-39(27-29-41)44-19-9-15-43-16-10-32-53-51(43)44)34-50(54-52(49)46-18-8-7-17-45(46)47)42-30-22-38(23-31-42)36-13-5-2-6-14-36;1-3-11-35(12-4-1)37-19-23-40(24-20-37)47-33-49-48(41-27-25-39(26-28-41)43-31-32-53-50-18-10-9-16-45(43)50)34-51(54-52(49)46-17-8-7-15-44(46)47)42-29-21-38(22-30-42)36-13-5-2-6-14-36/h2*1-34H. The van der Waals surface area contributed by atoms with Gasteiger partial charge in [0, 0.05) is 61.4 Å². The molecule has 0 bridgehead atoms. The highest BCUT2D eigenvalue weighted by atomic mass is 14.7. The van der Waals surface area contributed by atoms with E-state index < -0.39 is 0 Å². The molecule has 4 heterocycles. The average Bonchev–Trinajstić information content (AvgIpc) is 0.743. The van der Waals surface area contributed by atoms with Gasteiger partial charge in [-0.3, -0.25) is 9.97 Å². The van der Waals surface area contributed by atoms with Gasteiger partial charge in [-0.05, 0) is 159 Å². The maximum absolute atomic E-state index is 5.44. The van der Waals surface area contributed by atoms with E-state index in [2.05, 4.69) is 393 Å². The molecule has 4 nitrogen and oxygen atoms in total. The zero-order chi connectivity index (χ0) is 71.7. The van der Waals surface area contributed by atoms with E-state index in [9.17, 15) is 0 Å². The second kappa shape index (κ2) is 28.4. The third-order valence-electron chi connectivity index (χ3n) is 21.1. The maximum Gasteiger partial charge on any atom is 0.0794 e. The first-order chi connectivity index (χ1) is 53.5. The summed E-state index contributed by atoms with van der Waals surface area (Å²) < 4.78 is 0. The molecule has 16 aromatic carbocycles. The molecule has 504 valence electrons. The van der Waals surface area contributed by atoms with Crippen LogP contribution in [-0.2, 0) is 0 Å². The first-order valence-electron chi connectivity index (χ1n) is 36.8. The molecular weight excluding hydrogens is 1310 g/mol. The van der Waals surface area contributed by atoms with E-state index in [0.717, 1.165) is 116 Å². The Morgan fingerprint density at radius 3 is 0.861 bits per heavy atom. The smallest absolute Gasteiger partial charge is 0.0794 e.